The molecule has 1 heterocycles. The maximum absolute atomic E-state index is 13.3. The molecule has 180 valence electrons. The average molecular weight is 480 g/mol. The van der Waals surface area contributed by atoms with Crippen molar-refractivity contribution in [3.63, 3.8) is 0 Å². The number of hydrogen-bond donors (Lipinski definition) is 0. The van der Waals surface area contributed by atoms with Crippen LogP contribution in [0.5, 0.6) is 5.75 Å². The minimum atomic E-state index is -4.49. The van der Waals surface area contributed by atoms with Crippen molar-refractivity contribution >= 4 is 17.5 Å². The molecule has 1 fully saturated rings. The van der Waals surface area contributed by atoms with Gasteiger partial charge in [-0.05, 0) is 56.2 Å². The maximum Gasteiger partial charge on any atom is 0.416 e. The zero-order valence-electron chi connectivity index (χ0n) is 19.7. The van der Waals surface area contributed by atoms with Crippen molar-refractivity contribution in [3.05, 3.63) is 59.2 Å². The van der Waals surface area contributed by atoms with Gasteiger partial charge in [-0.3, -0.25) is 4.79 Å². The molecule has 0 saturated carbocycles. The van der Waals surface area contributed by atoms with Gasteiger partial charge in [0.25, 0.3) is 0 Å². The van der Waals surface area contributed by atoms with Gasteiger partial charge in [0.1, 0.15) is 5.75 Å². The Morgan fingerprint density at radius 3 is 2.52 bits per heavy atom. The summed E-state index contributed by atoms with van der Waals surface area (Å²) in [6.45, 7) is 4.23. The van der Waals surface area contributed by atoms with Crippen molar-refractivity contribution in [1.29, 1.82) is 0 Å². The van der Waals surface area contributed by atoms with Gasteiger partial charge in [0.05, 0.1) is 18.2 Å². The van der Waals surface area contributed by atoms with E-state index in [-0.39, 0.29) is 28.9 Å². The molecule has 33 heavy (non-hydrogen) atoms. The molecule has 0 amide bonds. The van der Waals surface area contributed by atoms with Crippen LogP contribution in [0.15, 0.2) is 47.4 Å². The number of carbonyl (C=O) groups is 1. The minimum Gasteiger partial charge on any atom is -0.496 e. The molecule has 2 atom stereocenters. The molecule has 0 unspecified atom stereocenters. The third kappa shape index (κ3) is 5.93. The summed E-state index contributed by atoms with van der Waals surface area (Å²) in [5.74, 6) is 0.353. The Morgan fingerprint density at radius 2 is 1.94 bits per heavy atom. The molecule has 0 aromatic heterocycles. The molecular weight excluding hydrogens is 447 g/mol. The van der Waals surface area contributed by atoms with Gasteiger partial charge in [0, 0.05) is 29.8 Å². The van der Waals surface area contributed by atoms with Crippen LogP contribution in [-0.2, 0) is 11.6 Å². The van der Waals surface area contributed by atoms with E-state index in [4.69, 9.17) is 4.74 Å². The molecule has 0 N–H and O–H groups in total. The topological polar surface area (TPSA) is 29.5 Å². The molecule has 0 radical (unpaired) electrons. The van der Waals surface area contributed by atoms with Crippen LogP contribution in [0, 0.1) is 5.92 Å². The summed E-state index contributed by atoms with van der Waals surface area (Å²) in [6, 6.07) is 12.4. The number of methoxy groups -OCH3 is 1. The fraction of sp³-hybridized carbons (Fsp3) is 0.500. The number of alkyl halides is 3. The molecule has 3 nitrogen and oxygen atoms in total. The SMILES string of the molecule is COc1cc(C(F)(F)F)cc(SC)c1C(=O)CCC[C@@]1(c2ccccc2)C[C@H](C)CN(C)C1. The quantitative estimate of drug-likeness (QED) is 0.311. The van der Waals surface area contributed by atoms with Crippen LogP contribution < -0.4 is 4.74 Å². The van der Waals surface area contributed by atoms with Crippen molar-refractivity contribution in [3.8, 4) is 5.75 Å². The van der Waals surface area contributed by atoms with Crippen LogP contribution in [-0.4, -0.2) is 44.2 Å². The van der Waals surface area contributed by atoms with E-state index in [1.807, 2.05) is 6.07 Å². The summed E-state index contributed by atoms with van der Waals surface area (Å²) in [5.41, 5.74) is 0.691. The van der Waals surface area contributed by atoms with E-state index in [0.29, 0.717) is 17.2 Å². The summed E-state index contributed by atoms with van der Waals surface area (Å²) in [7, 11) is 3.44. The first-order valence-electron chi connectivity index (χ1n) is 11.2. The molecule has 7 heteroatoms. The number of likely N-dealkylation sites (tertiary alicyclic amines) is 1. The first-order chi connectivity index (χ1) is 15.6. The van der Waals surface area contributed by atoms with Crippen LogP contribution in [0.1, 0.15) is 54.1 Å². The lowest BCUT2D eigenvalue weighted by Gasteiger charge is -2.45. The number of ketones is 1. The minimum absolute atomic E-state index is 0.0111. The number of Topliss-reactive ketones (excluding diaryl/α,β-unsaturated/α-hetero) is 1. The van der Waals surface area contributed by atoms with Crippen LogP contribution in [0.2, 0.25) is 0 Å². The monoisotopic (exact) mass is 479 g/mol. The summed E-state index contributed by atoms with van der Waals surface area (Å²) in [4.78, 5) is 15.8. The van der Waals surface area contributed by atoms with E-state index < -0.39 is 11.7 Å². The van der Waals surface area contributed by atoms with Gasteiger partial charge < -0.3 is 9.64 Å². The van der Waals surface area contributed by atoms with Crippen LogP contribution in [0.3, 0.4) is 0 Å². The van der Waals surface area contributed by atoms with Crippen LogP contribution in [0.4, 0.5) is 13.2 Å². The summed E-state index contributed by atoms with van der Waals surface area (Å²) in [5, 5.41) is 0. The second kappa shape index (κ2) is 10.5. The molecule has 1 saturated heterocycles. The fourth-order valence-electron chi connectivity index (χ4n) is 5.30. The number of likely N-dealkylation sites (N-methyl/N-ethyl adjacent to an activating group) is 1. The van der Waals surface area contributed by atoms with Gasteiger partial charge in [-0.1, -0.05) is 37.3 Å². The Labute approximate surface area is 198 Å². The Balaban J connectivity index is 1.82. The molecule has 0 spiro atoms. The predicted molar refractivity (Wildman–Crippen MR) is 127 cm³/mol. The third-order valence-corrected chi connectivity index (χ3v) is 7.25. The van der Waals surface area contributed by atoms with Crippen molar-refractivity contribution in [2.45, 2.75) is 49.1 Å². The Kier molecular flexibility index (Phi) is 8.17. The van der Waals surface area contributed by atoms with Crippen molar-refractivity contribution in [2.75, 3.05) is 33.5 Å². The average Bonchev–Trinajstić information content (AvgIpc) is 2.77. The number of thioether (sulfide) groups is 1. The lowest BCUT2D eigenvalue weighted by Crippen LogP contribution is -2.47. The smallest absolute Gasteiger partial charge is 0.416 e. The van der Waals surface area contributed by atoms with Crippen LogP contribution in [0.25, 0.3) is 0 Å². The van der Waals surface area contributed by atoms with Gasteiger partial charge in [-0.25, -0.2) is 0 Å². The second-order valence-corrected chi connectivity index (χ2v) is 10.0. The lowest BCUT2D eigenvalue weighted by molar-refractivity contribution is -0.137. The Hall–Kier alpha value is -1.99. The number of rotatable bonds is 8. The largest absolute Gasteiger partial charge is 0.496 e. The number of benzene rings is 2. The summed E-state index contributed by atoms with van der Waals surface area (Å²) >= 11 is 1.13. The number of piperidine rings is 1. The molecule has 2 aromatic rings. The molecule has 3 rings (SSSR count). The van der Waals surface area contributed by atoms with Crippen molar-refractivity contribution < 1.29 is 22.7 Å². The number of halogens is 3. The number of ether oxygens (including phenoxy) is 1. The summed E-state index contributed by atoms with van der Waals surface area (Å²) < 4.78 is 45.0. The van der Waals surface area contributed by atoms with Crippen LogP contribution >= 0.6 is 11.8 Å². The normalized spacial score (nSPS) is 21.7. The zero-order valence-corrected chi connectivity index (χ0v) is 20.5. The van der Waals surface area contributed by atoms with Gasteiger partial charge in [-0.15, -0.1) is 11.8 Å². The maximum atomic E-state index is 13.3. The highest BCUT2D eigenvalue weighted by Crippen LogP contribution is 2.42. The van der Waals surface area contributed by atoms with E-state index in [9.17, 15) is 18.0 Å². The lowest BCUT2D eigenvalue weighted by atomic mass is 9.68. The molecular formula is C26H32F3NO2S. The number of carbonyl (C=O) groups excluding carboxylic acids is 1. The first kappa shape index (κ1) is 25.6. The van der Waals surface area contributed by atoms with Gasteiger partial charge in [-0.2, -0.15) is 13.2 Å². The van der Waals surface area contributed by atoms with Gasteiger partial charge >= 0.3 is 6.18 Å². The highest BCUT2D eigenvalue weighted by atomic mass is 32.2. The standard InChI is InChI=1S/C26H32F3NO2S/c1-18-15-25(17-30(2)16-18,19-9-6-5-7-10-19)12-8-11-21(31)24-22(32-3)13-20(26(27,28)29)14-23(24)33-4/h5-7,9-10,13-14,18H,8,11-12,15-17H2,1-4H3/t18-,25+/m0/s1. The van der Waals surface area contributed by atoms with E-state index in [1.54, 1.807) is 6.26 Å². The number of nitrogens with zero attached hydrogens (tertiary/aromatic N) is 1. The predicted octanol–water partition coefficient (Wildman–Crippen LogP) is 6.70. The molecule has 2 aromatic carbocycles. The second-order valence-electron chi connectivity index (χ2n) is 9.18. The zero-order chi connectivity index (χ0) is 24.2. The Morgan fingerprint density at radius 1 is 1.24 bits per heavy atom. The third-order valence-electron chi connectivity index (χ3n) is 6.49. The number of hydrogen-bond acceptors (Lipinski definition) is 4. The van der Waals surface area contributed by atoms with Crippen molar-refractivity contribution in [2.24, 2.45) is 5.92 Å². The van der Waals surface area contributed by atoms with Crippen molar-refractivity contribution in [1.82, 2.24) is 4.90 Å². The highest BCUT2D eigenvalue weighted by Gasteiger charge is 2.38. The van der Waals surface area contributed by atoms with Gasteiger partial charge in [0.2, 0.25) is 0 Å². The molecule has 0 bridgehead atoms. The van der Waals surface area contributed by atoms with E-state index in [1.165, 1.54) is 12.7 Å². The highest BCUT2D eigenvalue weighted by molar-refractivity contribution is 7.98. The Bertz CT molecular complexity index is 927. The molecule has 1 aliphatic heterocycles. The first-order valence-corrected chi connectivity index (χ1v) is 12.4. The molecule has 0 aliphatic carbocycles. The molecule has 1 aliphatic rings. The summed E-state index contributed by atoms with van der Waals surface area (Å²) in [6.07, 6.45) is -0.00109. The fourth-order valence-corrected chi connectivity index (χ4v) is 5.96. The van der Waals surface area contributed by atoms with E-state index in [2.05, 4.69) is 43.1 Å². The van der Waals surface area contributed by atoms with E-state index >= 15 is 0 Å². The van der Waals surface area contributed by atoms with Gasteiger partial charge in [0.15, 0.2) is 5.78 Å². The van der Waals surface area contributed by atoms with E-state index in [0.717, 1.165) is 49.8 Å².